The number of ether oxygens (including phenoxy) is 1. The largest absolute Gasteiger partial charge is 0.492 e. The minimum atomic E-state index is -0.534. The maximum atomic E-state index is 13.7. The van der Waals surface area contributed by atoms with E-state index in [0.29, 0.717) is 30.5 Å². The molecule has 1 aliphatic carbocycles. The molecule has 0 N–H and O–H groups in total. The van der Waals surface area contributed by atoms with Gasteiger partial charge in [-0.3, -0.25) is 9.48 Å². The third-order valence-electron chi connectivity index (χ3n) is 5.06. The lowest BCUT2D eigenvalue weighted by atomic mass is 9.78. The van der Waals surface area contributed by atoms with Crippen LogP contribution < -0.4 is 4.74 Å². The van der Waals surface area contributed by atoms with Crippen molar-refractivity contribution in [1.29, 1.82) is 0 Å². The van der Waals surface area contributed by atoms with Gasteiger partial charge in [0.1, 0.15) is 11.6 Å². The number of aryl methyl sites for hydroxylation is 1. The van der Waals surface area contributed by atoms with E-state index in [1.165, 1.54) is 24.6 Å². The first-order valence-corrected chi connectivity index (χ1v) is 9.12. The van der Waals surface area contributed by atoms with Gasteiger partial charge in [0.15, 0.2) is 6.29 Å². The van der Waals surface area contributed by atoms with Gasteiger partial charge in [0.25, 0.3) is 0 Å². The van der Waals surface area contributed by atoms with Crippen LogP contribution in [-0.2, 0) is 6.54 Å². The number of hydrogen-bond donors (Lipinski definition) is 0. The molecule has 2 unspecified atom stereocenters. The molecule has 2 atom stereocenters. The SMILES string of the molecule is CCCn1nccc1C1CCCCC1COc1cccc(F)c1C=O. The molecular weight excluding hydrogens is 319 g/mol. The molecule has 1 fully saturated rings. The third-order valence-corrected chi connectivity index (χ3v) is 5.06. The summed E-state index contributed by atoms with van der Waals surface area (Å²) in [6, 6.07) is 6.62. The minimum Gasteiger partial charge on any atom is -0.492 e. The van der Waals surface area contributed by atoms with Gasteiger partial charge in [-0.25, -0.2) is 4.39 Å². The molecule has 4 nitrogen and oxygen atoms in total. The van der Waals surface area contributed by atoms with Crippen molar-refractivity contribution in [1.82, 2.24) is 9.78 Å². The van der Waals surface area contributed by atoms with Gasteiger partial charge in [-0.15, -0.1) is 0 Å². The third kappa shape index (κ3) is 3.91. The second kappa shape index (κ2) is 8.28. The highest BCUT2D eigenvalue weighted by Crippen LogP contribution is 2.38. The summed E-state index contributed by atoms with van der Waals surface area (Å²) in [5, 5.41) is 4.45. The number of rotatable bonds is 7. The Bertz CT molecular complexity index is 713. The molecule has 0 aliphatic heterocycles. The van der Waals surface area contributed by atoms with Crippen molar-refractivity contribution in [2.75, 3.05) is 6.61 Å². The molecule has 0 spiro atoms. The number of nitrogens with zero attached hydrogens (tertiary/aromatic N) is 2. The molecule has 1 aromatic carbocycles. The molecule has 0 radical (unpaired) electrons. The van der Waals surface area contributed by atoms with Crippen LogP contribution in [0.2, 0.25) is 0 Å². The van der Waals surface area contributed by atoms with Crippen LogP contribution >= 0.6 is 0 Å². The van der Waals surface area contributed by atoms with Crippen LogP contribution in [0.25, 0.3) is 0 Å². The van der Waals surface area contributed by atoms with E-state index in [1.807, 2.05) is 6.20 Å². The average Bonchev–Trinajstić information content (AvgIpc) is 3.08. The fourth-order valence-electron chi connectivity index (χ4n) is 3.81. The number of carbonyl (C=O) groups excluding carboxylic acids is 1. The van der Waals surface area contributed by atoms with Gasteiger partial charge in [-0.1, -0.05) is 25.8 Å². The Morgan fingerprint density at radius 2 is 2.16 bits per heavy atom. The molecule has 1 heterocycles. The zero-order chi connectivity index (χ0) is 17.6. The molecule has 5 heteroatoms. The normalized spacial score (nSPS) is 20.4. The fourth-order valence-corrected chi connectivity index (χ4v) is 3.81. The van der Waals surface area contributed by atoms with Crippen molar-refractivity contribution in [2.24, 2.45) is 5.92 Å². The smallest absolute Gasteiger partial charge is 0.156 e. The van der Waals surface area contributed by atoms with Crippen molar-refractivity contribution in [3.8, 4) is 5.75 Å². The second-order valence-corrected chi connectivity index (χ2v) is 6.71. The molecule has 1 saturated carbocycles. The average molecular weight is 344 g/mol. The van der Waals surface area contributed by atoms with Crippen molar-refractivity contribution < 1.29 is 13.9 Å². The first-order valence-electron chi connectivity index (χ1n) is 9.12. The molecular formula is C20H25FN2O2. The van der Waals surface area contributed by atoms with Gasteiger partial charge in [-0.05, 0) is 37.5 Å². The van der Waals surface area contributed by atoms with Gasteiger partial charge in [0, 0.05) is 30.3 Å². The van der Waals surface area contributed by atoms with Crippen LogP contribution in [0.1, 0.15) is 61.0 Å². The molecule has 134 valence electrons. The molecule has 0 amide bonds. The van der Waals surface area contributed by atoms with E-state index in [9.17, 15) is 9.18 Å². The predicted octanol–water partition coefficient (Wildman–Crippen LogP) is 4.60. The maximum absolute atomic E-state index is 13.7. The molecule has 1 aliphatic rings. The van der Waals surface area contributed by atoms with Crippen LogP contribution in [0.5, 0.6) is 5.75 Å². The van der Waals surface area contributed by atoms with Crippen molar-refractivity contribution in [3.63, 3.8) is 0 Å². The first kappa shape index (κ1) is 17.6. The summed E-state index contributed by atoms with van der Waals surface area (Å²) in [5.74, 6) is 0.551. The number of aldehydes is 1. The summed E-state index contributed by atoms with van der Waals surface area (Å²) in [7, 11) is 0. The monoisotopic (exact) mass is 344 g/mol. The number of aromatic nitrogens is 2. The summed E-state index contributed by atoms with van der Waals surface area (Å²) in [6.07, 6.45) is 8.03. The molecule has 25 heavy (non-hydrogen) atoms. The van der Waals surface area contributed by atoms with Crippen molar-refractivity contribution in [3.05, 3.63) is 47.5 Å². The Kier molecular flexibility index (Phi) is 5.84. The quantitative estimate of drug-likeness (QED) is 0.690. The van der Waals surface area contributed by atoms with Crippen LogP contribution in [0, 0.1) is 11.7 Å². The zero-order valence-corrected chi connectivity index (χ0v) is 14.7. The summed E-state index contributed by atoms with van der Waals surface area (Å²) in [5.41, 5.74) is 1.27. The Hall–Kier alpha value is -2.17. The van der Waals surface area contributed by atoms with Gasteiger partial charge in [0.05, 0.1) is 12.2 Å². The Balaban J connectivity index is 1.75. The van der Waals surface area contributed by atoms with E-state index < -0.39 is 5.82 Å². The Morgan fingerprint density at radius 1 is 1.32 bits per heavy atom. The van der Waals surface area contributed by atoms with E-state index in [4.69, 9.17) is 4.74 Å². The highest BCUT2D eigenvalue weighted by atomic mass is 19.1. The number of benzene rings is 1. The Morgan fingerprint density at radius 3 is 2.96 bits per heavy atom. The lowest BCUT2D eigenvalue weighted by Crippen LogP contribution is -2.26. The van der Waals surface area contributed by atoms with E-state index in [-0.39, 0.29) is 5.56 Å². The lowest BCUT2D eigenvalue weighted by Gasteiger charge is -2.32. The van der Waals surface area contributed by atoms with Crippen LogP contribution in [0.3, 0.4) is 0 Å². The Labute approximate surface area is 148 Å². The summed E-state index contributed by atoms with van der Waals surface area (Å²) >= 11 is 0. The van der Waals surface area contributed by atoms with Crippen LogP contribution in [0.4, 0.5) is 4.39 Å². The fraction of sp³-hybridized carbons (Fsp3) is 0.500. The summed E-state index contributed by atoms with van der Waals surface area (Å²) in [6.45, 7) is 3.57. The topological polar surface area (TPSA) is 44.1 Å². The van der Waals surface area contributed by atoms with Gasteiger partial charge in [-0.2, -0.15) is 5.10 Å². The minimum absolute atomic E-state index is 0.00545. The maximum Gasteiger partial charge on any atom is 0.156 e. The molecule has 2 aromatic rings. The number of carbonyl (C=O) groups is 1. The zero-order valence-electron chi connectivity index (χ0n) is 14.7. The first-order chi connectivity index (χ1) is 12.2. The van der Waals surface area contributed by atoms with Crippen LogP contribution in [0.15, 0.2) is 30.5 Å². The predicted molar refractivity (Wildman–Crippen MR) is 94.5 cm³/mol. The van der Waals surface area contributed by atoms with Gasteiger partial charge < -0.3 is 4.74 Å². The van der Waals surface area contributed by atoms with E-state index in [2.05, 4.69) is 22.8 Å². The number of halogens is 1. The highest BCUT2D eigenvalue weighted by Gasteiger charge is 2.29. The molecule has 1 aromatic heterocycles. The molecule has 0 saturated heterocycles. The number of hydrogen-bond acceptors (Lipinski definition) is 3. The molecule has 0 bridgehead atoms. The van der Waals surface area contributed by atoms with Crippen molar-refractivity contribution in [2.45, 2.75) is 51.5 Å². The van der Waals surface area contributed by atoms with Crippen LogP contribution in [-0.4, -0.2) is 22.7 Å². The second-order valence-electron chi connectivity index (χ2n) is 6.71. The highest BCUT2D eigenvalue weighted by molar-refractivity contribution is 5.79. The van der Waals surface area contributed by atoms with Crippen molar-refractivity contribution >= 4 is 6.29 Å². The van der Waals surface area contributed by atoms with E-state index in [1.54, 1.807) is 12.1 Å². The van der Waals surface area contributed by atoms with E-state index >= 15 is 0 Å². The van der Waals surface area contributed by atoms with Gasteiger partial charge >= 0.3 is 0 Å². The summed E-state index contributed by atoms with van der Waals surface area (Å²) in [4.78, 5) is 11.1. The van der Waals surface area contributed by atoms with Gasteiger partial charge in [0.2, 0.25) is 0 Å². The lowest BCUT2D eigenvalue weighted by molar-refractivity contribution is 0.111. The summed E-state index contributed by atoms with van der Waals surface area (Å²) < 4.78 is 21.7. The standard InChI is InChI=1S/C20H25FN2O2/c1-2-12-23-19(10-11-22-23)16-7-4-3-6-15(16)14-25-20-9-5-8-18(21)17(20)13-24/h5,8-11,13,15-16H,2-4,6-7,12,14H2,1H3. The van der Waals surface area contributed by atoms with E-state index in [0.717, 1.165) is 25.8 Å². The molecule has 3 rings (SSSR count).